The van der Waals surface area contributed by atoms with Gasteiger partial charge in [0.15, 0.2) is 0 Å². The third-order valence-electron chi connectivity index (χ3n) is 8.56. The summed E-state index contributed by atoms with van der Waals surface area (Å²) >= 11 is 1.38. The van der Waals surface area contributed by atoms with Crippen LogP contribution in [0.2, 0.25) is 0 Å². The predicted molar refractivity (Wildman–Crippen MR) is 162 cm³/mol. The highest BCUT2D eigenvalue weighted by molar-refractivity contribution is 8.00. The fourth-order valence-corrected chi connectivity index (χ4v) is 7.44. The van der Waals surface area contributed by atoms with Gasteiger partial charge in [-0.2, -0.15) is 4.98 Å². The number of ether oxygens (including phenoxy) is 1. The number of anilines is 1. The third kappa shape index (κ3) is 5.71. The van der Waals surface area contributed by atoms with E-state index in [1.54, 1.807) is 0 Å². The standard InChI is InChI=1S/C33H38N4O3S/c1-20-8-6-9-21(2)29(20)27-13-28-35-31(34-27)36-41-26-11-7-10-22(12-26)30(39)37(24(19-40-28)14-32(3,4)5)23-15-33(16-23)17-25(38)18-33/h6-13,23-24H,14-19H2,1-5H3,(H,34,35,36). The molecule has 3 aromatic rings. The summed E-state index contributed by atoms with van der Waals surface area (Å²) in [7, 11) is 0. The number of aromatic nitrogens is 2. The Bertz CT molecular complexity index is 1480. The molecule has 0 radical (unpaired) electrons. The average molecular weight is 571 g/mol. The Morgan fingerprint density at radius 1 is 1.02 bits per heavy atom. The van der Waals surface area contributed by atoms with E-state index in [4.69, 9.17) is 14.7 Å². The zero-order valence-electron chi connectivity index (χ0n) is 24.5. The van der Waals surface area contributed by atoms with Crippen LogP contribution in [0.3, 0.4) is 0 Å². The maximum Gasteiger partial charge on any atom is 0.254 e. The maximum atomic E-state index is 14.3. The van der Waals surface area contributed by atoms with E-state index in [0.717, 1.165) is 46.5 Å². The van der Waals surface area contributed by atoms with Crippen molar-refractivity contribution in [3.05, 3.63) is 65.2 Å². The lowest BCUT2D eigenvalue weighted by Crippen LogP contribution is -2.61. The Kier molecular flexibility index (Phi) is 7.09. The lowest BCUT2D eigenvalue weighted by atomic mass is 9.53. The molecule has 8 heteroatoms. The topological polar surface area (TPSA) is 84.4 Å². The fraction of sp³-hybridized carbons (Fsp3) is 0.455. The number of benzene rings is 2. The zero-order valence-corrected chi connectivity index (χ0v) is 25.3. The Balaban J connectivity index is 1.41. The van der Waals surface area contributed by atoms with E-state index >= 15 is 0 Å². The number of Topliss-reactive ketones (excluding diaryl/α,β-unsaturated/α-hetero) is 1. The number of rotatable bonds is 3. The summed E-state index contributed by atoms with van der Waals surface area (Å²) in [6.45, 7) is 11.1. The highest BCUT2D eigenvalue weighted by atomic mass is 32.2. The van der Waals surface area contributed by atoms with Crippen LogP contribution < -0.4 is 9.46 Å². The Morgan fingerprint density at radius 2 is 1.73 bits per heavy atom. The van der Waals surface area contributed by atoms with Crippen molar-refractivity contribution >= 4 is 29.6 Å². The molecule has 1 N–H and O–H groups in total. The molecule has 2 fully saturated rings. The van der Waals surface area contributed by atoms with Crippen molar-refractivity contribution in [3.8, 4) is 17.1 Å². The molecule has 2 aromatic carbocycles. The Hall–Kier alpha value is -3.39. The second-order valence-corrected chi connectivity index (χ2v) is 14.2. The summed E-state index contributed by atoms with van der Waals surface area (Å²) < 4.78 is 9.77. The normalized spacial score (nSPS) is 20.6. The van der Waals surface area contributed by atoms with Crippen LogP contribution in [0.5, 0.6) is 5.88 Å². The highest BCUT2D eigenvalue weighted by Gasteiger charge is 2.55. The van der Waals surface area contributed by atoms with Gasteiger partial charge in [-0.25, -0.2) is 4.98 Å². The van der Waals surface area contributed by atoms with Crippen LogP contribution in [0.4, 0.5) is 5.95 Å². The molecule has 6 rings (SSSR count). The second kappa shape index (κ2) is 10.5. The maximum absolute atomic E-state index is 14.3. The van der Waals surface area contributed by atoms with Gasteiger partial charge >= 0.3 is 0 Å². The number of amides is 1. The van der Waals surface area contributed by atoms with Gasteiger partial charge in [-0.1, -0.05) is 45.0 Å². The highest BCUT2D eigenvalue weighted by Crippen LogP contribution is 2.56. The average Bonchev–Trinajstić information content (AvgIpc) is 2.87. The van der Waals surface area contributed by atoms with Gasteiger partial charge in [-0.3, -0.25) is 14.3 Å². The molecule has 3 aliphatic rings. The third-order valence-corrected chi connectivity index (χ3v) is 9.33. The Labute approximate surface area is 246 Å². The minimum atomic E-state index is -0.160. The molecule has 214 valence electrons. The van der Waals surface area contributed by atoms with Crippen LogP contribution in [-0.2, 0) is 4.79 Å². The number of aryl methyl sites for hydroxylation is 2. The van der Waals surface area contributed by atoms with Crippen LogP contribution >= 0.6 is 11.9 Å². The fourth-order valence-electron chi connectivity index (χ4n) is 6.80. The van der Waals surface area contributed by atoms with E-state index in [2.05, 4.69) is 62.4 Å². The smallest absolute Gasteiger partial charge is 0.254 e. The first-order valence-corrected chi connectivity index (χ1v) is 15.3. The predicted octanol–water partition coefficient (Wildman–Crippen LogP) is 7.03. The molecule has 4 bridgehead atoms. The lowest BCUT2D eigenvalue weighted by Gasteiger charge is -2.57. The van der Waals surface area contributed by atoms with Gasteiger partial charge in [0.05, 0.1) is 11.7 Å². The number of nitrogens with zero attached hydrogens (tertiary/aromatic N) is 3. The molecule has 1 atom stereocenters. The summed E-state index contributed by atoms with van der Waals surface area (Å²) in [6.07, 6.45) is 3.81. The minimum Gasteiger partial charge on any atom is -0.475 e. The van der Waals surface area contributed by atoms with Gasteiger partial charge in [0.2, 0.25) is 11.8 Å². The monoisotopic (exact) mass is 570 g/mol. The first-order chi connectivity index (χ1) is 19.5. The molecule has 1 amide bonds. The van der Waals surface area contributed by atoms with Gasteiger partial charge in [0.25, 0.3) is 5.91 Å². The summed E-state index contributed by atoms with van der Waals surface area (Å²) in [4.78, 5) is 38.7. The van der Waals surface area contributed by atoms with Crippen LogP contribution in [0.15, 0.2) is 53.4 Å². The lowest BCUT2D eigenvalue weighted by molar-refractivity contribution is -0.143. The Morgan fingerprint density at radius 3 is 2.41 bits per heavy atom. The van der Waals surface area contributed by atoms with E-state index in [-0.39, 0.29) is 28.8 Å². The van der Waals surface area contributed by atoms with E-state index in [9.17, 15) is 9.59 Å². The van der Waals surface area contributed by atoms with Crippen LogP contribution in [-0.4, -0.2) is 45.2 Å². The van der Waals surface area contributed by atoms with Crippen molar-refractivity contribution in [3.63, 3.8) is 0 Å². The summed E-state index contributed by atoms with van der Waals surface area (Å²) in [5.41, 5.74) is 4.84. The van der Waals surface area contributed by atoms with Gasteiger partial charge in [-0.15, -0.1) is 0 Å². The van der Waals surface area contributed by atoms with Crippen LogP contribution in [0.1, 0.15) is 74.4 Å². The largest absolute Gasteiger partial charge is 0.475 e. The summed E-state index contributed by atoms with van der Waals surface area (Å²) in [6, 6.07) is 15.8. The number of nitrogens with one attached hydrogen (secondary N) is 1. The minimum absolute atomic E-state index is 0.0177. The molecule has 41 heavy (non-hydrogen) atoms. The van der Waals surface area contributed by atoms with Crippen molar-refractivity contribution in [2.45, 2.75) is 83.7 Å². The van der Waals surface area contributed by atoms with Gasteiger partial charge in [-0.05, 0) is 85.2 Å². The van der Waals surface area contributed by atoms with Gasteiger partial charge in [0, 0.05) is 41.0 Å². The molecular formula is C33H38N4O3S. The van der Waals surface area contributed by atoms with Gasteiger partial charge in [0.1, 0.15) is 12.4 Å². The van der Waals surface area contributed by atoms with Crippen molar-refractivity contribution in [1.29, 1.82) is 0 Å². The molecule has 2 saturated carbocycles. The number of hydrogen-bond donors (Lipinski definition) is 1. The van der Waals surface area contributed by atoms with Crippen molar-refractivity contribution in [2.24, 2.45) is 10.8 Å². The molecule has 2 aliphatic carbocycles. The number of carbonyl (C=O) groups excluding carboxylic acids is 2. The van der Waals surface area contributed by atoms with Crippen molar-refractivity contribution in [2.75, 3.05) is 11.3 Å². The first kappa shape index (κ1) is 27.8. The zero-order chi connectivity index (χ0) is 28.9. The van der Waals surface area contributed by atoms with Crippen LogP contribution in [0.25, 0.3) is 11.3 Å². The molecule has 0 saturated heterocycles. The van der Waals surface area contributed by atoms with E-state index in [1.165, 1.54) is 11.9 Å². The second-order valence-electron chi connectivity index (χ2n) is 13.3. The SMILES string of the molecule is Cc1cccc(C)c1-c1cc2nc(n1)NSc1cccc(c1)C(=O)N(C1CC3(CC(=O)C3)C1)C(CC(C)(C)C)CO2. The van der Waals surface area contributed by atoms with E-state index in [0.29, 0.717) is 42.6 Å². The van der Waals surface area contributed by atoms with E-state index < -0.39 is 0 Å². The van der Waals surface area contributed by atoms with Gasteiger partial charge < -0.3 is 9.64 Å². The van der Waals surface area contributed by atoms with E-state index in [1.807, 2.05) is 30.3 Å². The molecule has 7 nitrogen and oxygen atoms in total. The molecule has 1 spiro atoms. The number of hydrogen-bond acceptors (Lipinski definition) is 7. The summed E-state index contributed by atoms with van der Waals surface area (Å²) in [5, 5.41) is 0. The molecule has 1 aliphatic heterocycles. The molecule has 2 heterocycles. The molecule has 1 aromatic heterocycles. The molecule has 1 unspecified atom stereocenters. The van der Waals surface area contributed by atoms with Crippen molar-refractivity contribution in [1.82, 2.24) is 14.9 Å². The number of ketones is 1. The quantitative estimate of drug-likeness (QED) is 0.338. The first-order valence-electron chi connectivity index (χ1n) is 14.4. The van der Waals surface area contributed by atoms with Crippen LogP contribution in [0, 0.1) is 24.7 Å². The summed E-state index contributed by atoms with van der Waals surface area (Å²) in [5.74, 6) is 1.29. The number of fused-ring (bicyclic) bond motifs is 4. The molecular weight excluding hydrogens is 532 g/mol. The van der Waals surface area contributed by atoms with Crippen molar-refractivity contribution < 1.29 is 14.3 Å². The number of carbonyl (C=O) groups is 2.